The summed E-state index contributed by atoms with van der Waals surface area (Å²) in [7, 11) is 1.42. The zero-order valence-electron chi connectivity index (χ0n) is 19.6. The number of carbonyl (C=O) groups is 3. The fourth-order valence-electron chi connectivity index (χ4n) is 4.08. The van der Waals surface area contributed by atoms with E-state index < -0.39 is 17.8 Å². The van der Waals surface area contributed by atoms with Gasteiger partial charge in [-0.2, -0.15) is 0 Å². The number of carbonyl (C=O) groups excluding carboxylic acids is 3. The summed E-state index contributed by atoms with van der Waals surface area (Å²) < 4.78 is 14.0. The number of nitrogens with one attached hydrogen (secondary N) is 3. The van der Waals surface area contributed by atoms with E-state index in [9.17, 15) is 18.8 Å². The van der Waals surface area contributed by atoms with Gasteiger partial charge in [-0.1, -0.05) is 13.8 Å². The molecule has 0 radical (unpaired) electrons. The van der Waals surface area contributed by atoms with Crippen LogP contribution in [0.1, 0.15) is 46.7 Å². The summed E-state index contributed by atoms with van der Waals surface area (Å²) in [6, 6.07) is 3.23. The first-order chi connectivity index (χ1) is 15.7. The van der Waals surface area contributed by atoms with Gasteiger partial charge < -0.3 is 20.5 Å². The molecule has 1 aliphatic rings. The van der Waals surface area contributed by atoms with Crippen LogP contribution in [0.15, 0.2) is 18.2 Å². The maximum Gasteiger partial charge on any atom is 0.328 e. The van der Waals surface area contributed by atoms with Gasteiger partial charge in [0.25, 0.3) is 11.8 Å². The molecule has 1 aromatic carbocycles. The zero-order chi connectivity index (χ0) is 24.3. The van der Waals surface area contributed by atoms with E-state index in [0.29, 0.717) is 40.3 Å². The van der Waals surface area contributed by atoms with Gasteiger partial charge in [-0.3, -0.25) is 9.59 Å². The normalized spacial score (nSPS) is 14.2. The molecule has 4 amide bonds. The maximum absolute atomic E-state index is 14.0. The third-order valence-electron chi connectivity index (χ3n) is 5.94. The number of aromatic amines is 1. The molecule has 0 spiro atoms. The van der Waals surface area contributed by atoms with E-state index in [1.165, 1.54) is 25.2 Å². The molecule has 0 atom stereocenters. The summed E-state index contributed by atoms with van der Waals surface area (Å²) in [5, 5.41) is 5.38. The summed E-state index contributed by atoms with van der Waals surface area (Å²) in [5.74, 6) is -1.28. The zero-order valence-corrected chi connectivity index (χ0v) is 19.6. The molecule has 3 rings (SSSR count). The van der Waals surface area contributed by atoms with Crippen molar-refractivity contribution < 1.29 is 18.8 Å². The number of hydrogen-bond acceptors (Lipinski definition) is 4. The molecule has 1 aliphatic heterocycles. The van der Waals surface area contributed by atoms with Gasteiger partial charge in [0.05, 0.1) is 16.8 Å². The Bertz CT molecular complexity index is 1120. The standard InChI is InChI=1S/C24H30FN5O3/c1-6-29(7-2)11-10-27-22(31)21-14(3)19(28-15(21)4)13-18-17-12-16(25)8-9-20(17)30(23(18)32)24(33)26-5/h8-9,12-13,28H,6-7,10-11H2,1-5H3,(H,26,33)(H,27,31)/b18-13-. The van der Waals surface area contributed by atoms with Gasteiger partial charge in [0.15, 0.2) is 0 Å². The molecule has 2 heterocycles. The number of H-pyrrole nitrogens is 1. The predicted molar refractivity (Wildman–Crippen MR) is 127 cm³/mol. The van der Waals surface area contributed by atoms with Crippen molar-refractivity contribution in [2.75, 3.05) is 38.1 Å². The van der Waals surface area contributed by atoms with Crippen molar-refractivity contribution in [1.82, 2.24) is 20.5 Å². The summed E-state index contributed by atoms with van der Waals surface area (Å²) in [6.45, 7) is 10.8. The number of rotatable bonds is 7. The number of anilines is 1. The van der Waals surface area contributed by atoms with Crippen molar-refractivity contribution >= 4 is 35.2 Å². The highest BCUT2D eigenvalue weighted by molar-refractivity contribution is 6.42. The molecule has 33 heavy (non-hydrogen) atoms. The molecule has 9 heteroatoms. The average molecular weight is 456 g/mol. The Labute approximate surface area is 192 Å². The van der Waals surface area contributed by atoms with Crippen LogP contribution < -0.4 is 15.5 Å². The van der Waals surface area contributed by atoms with E-state index in [-0.39, 0.29) is 11.5 Å². The second-order valence-electron chi connectivity index (χ2n) is 7.86. The summed E-state index contributed by atoms with van der Waals surface area (Å²) in [4.78, 5) is 44.5. The first-order valence-corrected chi connectivity index (χ1v) is 11.0. The Morgan fingerprint density at radius 2 is 1.91 bits per heavy atom. The quantitative estimate of drug-likeness (QED) is 0.559. The van der Waals surface area contributed by atoms with Gasteiger partial charge in [-0.05, 0) is 56.8 Å². The number of aryl methyl sites for hydroxylation is 1. The highest BCUT2D eigenvalue weighted by Gasteiger charge is 2.37. The predicted octanol–water partition coefficient (Wildman–Crippen LogP) is 3.07. The topological polar surface area (TPSA) is 97.5 Å². The van der Waals surface area contributed by atoms with E-state index in [1.807, 2.05) is 0 Å². The van der Waals surface area contributed by atoms with Gasteiger partial charge in [-0.25, -0.2) is 14.1 Å². The molecule has 176 valence electrons. The van der Waals surface area contributed by atoms with Crippen LogP contribution in [0.3, 0.4) is 0 Å². The van der Waals surface area contributed by atoms with Crippen molar-refractivity contribution in [2.24, 2.45) is 0 Å². The van der Waals surface area contributed by atoms with Crippen LogP contribution in [0.5, 0.6) is 0 Å². The minimum Gasteiger partial charge on any atom is -0.358 e. The Morgan fingerprint density at radius 1 is 1.21 bits per heavy atom. The number of urea groups is 1. The van der Waals surface area contributed by atoms with Gasteiger partial charge in [0.1, 0.15) is 5.82 Å². The molecule has 3 N–H and O–H groups in total. The van der Waals surface area contributed by atoms with Crippen LogP contribution in [-0.4, -0.2) is 61.0 Å². The smallest absolute Gasteiger partial charge is 0.328 e. The molecule has 0 aliphatic carbocycles. The molecule has 0 saturated heterocycles. The van der Waals surface area contributed by atoms with E-state index in [4.69, 9.17) is 0 Å². The minimum atomic E-state index is -0.607. The summed E-state index contributed by atoms with van der Waals surface area (Å²) >= 11 is 0. The van der Waals surface area contributed by atoms with E-state index in [2.05, 4.69) is 34.4 Å². The number of likely N-dealkylation sites (N-methyl/N-ethyl adjacent to an activating group) is 1. The number of benzene rings is 1. The first-order valence-electron chi connectivity index (χ1n) is 11.0. The number of hydrogen-bond donors (Lipinski definition) is 3. The highest BCUT2D eigenvalue weighted by Crippen LogP contribution is 2.38. The summed E-state index contributed by atoms with van der Waals surface area (Å²) in [5.41, 5.74) is 3.19. The van der Waals surface area contributed by atoms with Crippen molar-refractivity contribution in [2.45, 2.75) is 27.7 Å². The van der Waals surface area contributed by atoms with E-state index >= 15 is 0 Å². The van der Waals surface area contributed by atoms with Crippen LogP contribution in [0, 0.1) is 19.7 Å². The molecule has 0 unspecified atom stereocenters. The molecule has 0 fully saturated rings. The lowest BCUT2D eigenvalue weighted by atomic mass is 10.0. The largest absolute Gasteiger partial charge is 0.358 e. The molecule has 0 saturated carbocycles. The Balaban J connectivity index is 1.93. The van der Waals surface area contributed by atoms with Crippen LogP contribution >= 0.6 is 0 Å². The Hall–Kier alpha value is -3.46. The number of fused-ring (bicyclic) bond motifs is 1. The lowest BCUT2D eigenvalue weighted by molar-refractivity contribution is -0.112. The Morgan fingerprint density at radius 3 is 2.55 bits per heavy atom. The number of amides is 4. The van der Waals surface area contributed by atoms with E-state index in [1.54, 1.807) is 19.9 Å². The number of aromatic nitrogens is 1. The SMILES string of the molecule is CCN(CC)CCNC(=O)c1c(C)[nH]c(/C=C2\C(=O)N(C(=O)NC)c3ccc(F)cc32)c1C. The fourth-order valence-corrected chi connectivity index (χ4v) is 4.08. The second-order valence-corrected chi connectivity index (χ2v) is 7.86. The van der Waals surface area contributed by atoms with Crippen LogP contribution in [0.25, 0.3) is 11.6 Å². The van der Waals surface area contributed by atoms with Crippen molar-refractivity contribution in [3.05, 3.63) is 52.1 Å². The molecule has 0 bridgehead atoms. The molecular formula is C24H30FN5O3. The molecule has 1 aromatic heterocycles. The third-order valence-corrected chi connectivity index (χ3v) is 5.94. The van der Waals surface area contributed by atoms with Gasteiger partial charge in [0.2, 0.25) is 0 Å². The van der Waals surface area contributed by atoms with Gasteiger partial charge in [0, 0.05) is 37.1 Å². The second kappa shape index (κ2) is 9.99. The van der Waals surface area contributed by atoms with E-state index in [0.717, 1.165) is 24.5 Å². The third kappa shape index (κ3) is 4.68. The molecular weight excluding hydrogens is 425 g/mol. The highest BCUT2D eigenvalue weighted by atomic mass is 19.1. The van der Waals surface area contributed by atoms with Crippen molar-refractivity contribution in [1.29, 1.82) is 0 Å². The van der Waals surface area contributed by atoms with Crippen molar-refractivity contribution in [3.63, 3.8) is 0 Å². The average Bonchev–Trinajstić information content (AvgIpc) is 3.22. The Kier molecular flexibility index (Phi) is 7.33. The maximum atomic E-state index is 14.0. The summed E-state index contributed by atoms with van der Waals surface area (Å²) in [6.07, 6.45) is 1.57. The molecule has 2 aromatic rings. The first kappa shape index (κ1) is 24.2. The van der Waals surface area contributed by atoms with Crippen LogP contribution in [0.2, 0.25) is 0 Å². The lowest BCUT2D eigenvalue weighted by Crippen LogP contribution is -2.40. The monoisotopic (exact) mass is 455 g/mol. The van der Waals surface area contributed by atoms with Crippen molar-refractivity contribution in [3.8, 4) is 0 Å². The van der Waals surface area contributed by atoms with Crippen LogP contribution in [-0.2, 0) is 4.79 Å². The number of nitrogens with zero attached hydrogens (tertiary/aromatic N) is 2. The van der Waals surface area contributed by atoms with Gasteiger partial charge in [-0.15, -0.1) is 0 Å². The molecule has 8 nitrogen and oxygen atoms in total. The number of halogens is 1. The minimum absolute atomic E-state index is 0.172. The van der Waals surface area contributed by atoms with Gasteiger partial charge >= 0.3 is 6.03 Å². The fraction of sp³-hybridized carbons (Fsp3) is 0.375. The van der Waals surface area contributed by atoms with Crippen LogP contribution in [0.4, 0.5) is 14.9 Å². The number of imide groups is 1. The lowest BCUT2D eigenvalue weighted by Gasteiger charge is -2.18.